The molecule has 1 aromatic heterocycles. The summed E-state index contributed by atoms with van der Waals surface area (Å²) in [4.78, 5) is 25.7. The highest BCUT2D eigenvalue weighted by molar-refractivity contribution is 6.37. The molecule has 3 rings (SSSR count). The second kappa shape index (κ2) is 8.10. The van der Waals surface area contributed by atoms with E-state index in [1.54, 1.807) is 24.4 Å². The van der Waals surface area contributed by atoms with E-state index in [1.165, 1.54) is 6.42 Å². The molecule has 0 saturated carbocycles. The van der Waals surface area contributed by atoms with Gasteiger partial charge in [0.2, 0.25) is 5.95 Å². The van der Waals surface area contributed by atoms with Crippen molar-refractivity contribution >= 4 is 46.6 Å². The Kier molecular flexibility index (Phi) is 5.84. The third-order valence-corrected chi connectivity index (χ3v) is 4.79. The van der Waals surface area contributed by atoms with Crippen molar-refractivity contribution in [2.24, 2.45) is 0 Å². The summed E-state index contributed by atoms with van der Waals surface area (Å²) in [5.74, 6) is 1.01. The predicted octanol–water partition coefficient (Wildman–Crippen LogP) is 4.09. The fraction of sp³-hybridized carbons (Fsp3) is 0.389. The van der Waals surface area contributed by atoms with E-state index in [-0.39, 0.29) is 5.91 Å². The Morgan fingerprint density at radius 3 is 2.58 bits per heavy atom. The van der Waals surface area contributed by atoms with E-state index < -0.39 is 0 Å². The van der Waals surface area contributed by atoms with Crippen LogP contribution >= 0.6 is 23.2 Å². The van der Waals surface area contributed by atoms with Crippen molar-refractivity contribution in [2.75, 3.05) is 42.3 Å². The molecule has 2 aromatic rings. The zero-order chi connectivity index (χ0) is 18.7. The average Bonchev–Trinajstić information content (AvgIpc) is 2.62. The number of carbonyl (C=O) groups is 1. The van der Waals surface area contributed by atoms with E-state index in [0.717, 1.165) is 25.9 Å². The van der Waals surface area contributed by atoms with Crippen molar-refractivity contribution in [3.63, 3.8) is 0 Å². The second-order valence-electron chi connectivity index (χ2n) is 6.43. The molecule has 2 heterocycles. The van der Waals surface area contributed by atoms with E-state index in [2.05, 4.69) is 20.2 Å². The highest BCUT2D eigenvalue weighted by atomic mass is 35.5. The summed E-state index contributed by atoms with van der Waals surface area (Å²) in [5.41, 5.74) is 0.882. The number of anilines is 3. The molecule has 1 aromatic carbocycles. The van der Waals surface area contributed by atoms with Gasteiger partial charge in [-0.25, -0.2) is 4.98 Å². The van der Waals surface area contributed by atoms with Gasteiger partial charge in [-0.05, 0) is 37.5 Å². The van der Waals surface area contributed by atoms with Crippen LogP contribution in [-0.2, 0) is 0 Å². The molecular formula is C18H21Cl2N5O. The first-order chi connectivity index (χ1) is 12.5. The lowest BCUT2D eigenvalue weighted by molar-refractivity contribution is 0.102. The Hall–Kier alpha value is -2.05. The number of hydrogen-bond donors (Lipinski definition) is 1. The van der Waals surface area contributed by atoms with Gasteiger partial charge in [0.1, 0.15) is 5.69 Å². The van der Waals surface area contributed by atoms with Crippen molar-refractivity contribution in [3.8, 4) is 0 Å². The molecule has 1 aliphatic heterocycles. The van der Waals surface area contributed by atoms with Crippen molar-refractivity contribution in [3.05, 3.63) is 40.0 Å². The zero-order valence-corrected chi connectivity index (χ0v) is 16.3. The Bertz CT molecular complexity index is 806. The van der Waals surface area contributed by atoms with Gasteiger partial charge < -0.3 is 15.1 Å². The Morgan fingerprint density at radius 2 is 1.92 bits per heavy atom. The summed E-state index contributed by atoms with van der Waals surface area (Å²) in [7, 11) is 3.76. The number of carbonyl (C=O) groups excluding carboxylic acids is 1. The van der Waals surface area contributed by atoms with Crippen LogP contribution in [0.4, 0.5) is 17.5 Å². The highest BCUT2D eigenvalue weighted by Crippen LogP contribution is 2.27. The highest BCUT2D eigenvalue weighted by Gasteiger charge is 2.19. The summed E-state index contributed by atoms with van der Waals surface area (Å²) in [6.07, 6.45) is 5.18. The minimum absolute atomic E-state index is 0.298. The first-order valence-electron chi connectivity index (χ1n) is 8.51. The molecule has 0 spiro atoms. The van der Waals surface area contributed by atoms with Crippen molar-refractivity contribution in [1.82, 2.24) is 9.97 Å². The number of nitrogens with one attached hydrogen (secondary N) is 1. The first kappa shape index (κ1) is 18.7. The number of benzene rings is 1. The normalized spacial score (nSPS) is 14.2. The van der Waals surface area contributed by atoms with E-state index >= 15 is 0 Å². The van der Waals surface area contributed by atoms with Crippen molar-refractivity contribution in [2.45, 2.75) is 19.3 Å². The minimum Gasteiger partial charge on any atom is -0.361 e. The number of piperidine rings is 1. The van der Waals surface area contributed by atoms with Crippen LogP contribution in [0.3, 0.4) is 0 Å². The van der Waals surface area contributed by atoms with Gasteiger partial charge in [0.15, 0.2) is 5.82 Å². The third kappa shape index (κ3) is 4.19. The molecule has 1 aliphatic rings. The SMILES string of the molecule is CN(C)c1nc(N2CCCCC2)ncc1NC(=O)c1ccc(Cl)cc1Cl. The second-order valence-corrected chi connectivity index (χ2v) is 7.27. The Balaban J connectivity index is 1.85. The van der Waals surface area contributed by atoms with E-state index in [1.807, 2.05) is 19.0 Å². The molecule has 1 amide bonds. The number of aromatic nitrogens is 2. The maximum atomic E-state index is 12.6. The van der Waals surface area contributed by atoms with Gasteiger partial charge in [-0.2, -0.15) is 4.98 Å². The fourth-order valence-electron chi connectivity index (χ4n) is 2.90. The summed E-state index contributed by atoms with van der Waals surface area (Å²) in [6, 6.07) is 4.77. The van der Waals surface area contributed by atoms with E-state index in [4.69, 9.17) is 23.2 Å². The molecule has 0 aliphatic carbocycles. The minimum atomic E-state index is -0.330. The van der Waals surface area contributed by atoms with Gasteiger partial charge in [-0.1, -0.05) is 23.2 Å². The first-order valence-corrected chi connectivity index (χ1v) is 9.27. The topological polar surface area (TPSA) is 61.4 Å². The molecule has 8 heteroatoms. The smallest absolute Gasteiger partial charge is 0.257 e. The van der Waals surface area contributed by atoms with Gasteiger partial charge in [-0.15, -0.1) is 0 Å². The molecule has 1 fully saturated rings. The lowest BCUT2D eigenvalue weighted by atomic mass is 10.1. The van der Waals surface area contributed by atoms with Gasteiger partial charge in [0, 0.05) is 32.2 Å². The van der Waals surface area contributed by atoms with Crippen molar-refractivity contribution < 1.29 is 4.79 Å². The van der Waals surface area contributed by atoms with E-state index in [0.29, 0.717) is 33.1 Å². The zero-order valence-electron chi connectivity index (χ0n) is 14.8. The largest absolute Gasteiger partial charge is 0.361 e. The standard InChI is InChI=1S/C18H21Cl2N5O/c1-24(2)16-15(11-21-18(23-16)25-8-4-3-5-9-25)22-17(26)13-7-6-12(19)10-14(13)20/h6-7,10-11H,3-5,8-9H2,1-2H3,(H,22,26). The molecule has 26 heavy (non-hydrogen) atoms. The molecule has 6 nitrogen and oxygen atoms in total. The number of nitrogens with zero attached hydrogens (tertiary/aromatic N) is 4. The molecule has 0 atom stereocenters. The molecule has 1 N–H and O–H groups in total. The van der Waals surface area contributed by atoms with Gasteiger partial charge >= 0.3 is 0 Å². The van der Waals surface area contributed by atoms with E-state index in [9.17, 15) is 4.79 Å². The summed E-state index contributed by atoms with van der Waals surface area (Å²) in [5, 5.41) is 3.63. The molecule has 0 unspecified atom stereocenters. The van der Waals surface area contributed by atoms with Gasteiger partial charge in [-0.3, -0.25) is 4.79 Å². The fourth-order valence-corrected chi connectivity index (χ4v) is 3.40. The number of rotatable bonds is 4. The average molecular weight is 394 g/mol. The van der Waals surface area contributed by atoms with Crippen LogP contribution in [0.1, 0.15) is 29.6 Å². The number of halogens is 2. The summed E-state index contributed by atoms with van der Waals surface area (Å²) >= 11 is 12.0. The van der Waals surface area contributed by atoms with Crippen LogP contribution in [0, 0.1) is 0 Å². The van der Waals surface area contributed by atoms with Crippen LogP contribution in [0.15, 0.2) is 24.4 Å². The van der Waals surface area contributed by atoms with Gasteiger partial charge in [0.25, 0.3) is 5.91 Å². The quantitative estimate of drug-likeness (QED) is 0.847. The van der Waals surface area contributed by atoms with Crippen LogP contribution in [0.2, 0.25) is 10.0 Å². The summed E-state index contributed by atoms with van der Waals surface area (Å²) < 4.78 is 0. The monoisotopic (exact) mass is 393 g/mol. The summed E-state index contributed by atoms with van der Waals surface area (Å²) in [6.45, 7) is 1.91. The third-order valence-electron chi connectivity index (χ3n) is 4.24. The molecular weight excluding hydrogens is 373 g/mol. The van der Waals surface area contributed by atoms with Crippen LogP contribution in [0.5, 0.6) is 0 Å². The number of amides is 1. The van der Waals surface area contributed by atoms with Gasteiger partial charge in [0.05, 0.1) is 16.8 Å². The molecule has 0 radical (unpaired) electrons. The van der Waals surface area contributed by atoms with Crippen molar-refractivity contribution in [1.29, 1.82) is 0 Å². The molecule has 0 bridgehead atoms. The van der Waals surface area contributed by atoms with Crippen LogP contribution < -0.4 is 15.1 Å². The lowest BCUT2D eigenvalue weighted by Gasteiger charge is -2.28. The van der Waals surface area contributed by atoms with Crippen LogP contribution in [-0.4, -0.2) is 43.1 Å². The Morgan fingerprint density at radius 1 is 1.19 bits per heavy atom. The van der Waals surface area contributed by atoms with Crippen LogP contribution in [0.25, 0.3) is 0 Å². The molecule has 1 saturated heterocycles. The predicted molar refractivity (Wildman–Crippen MR) is 107 cm³/mol. The Labute approximate surface area is 163 Å². The lowest BCUT2D eigenvalue weighted by Crippen LogP contribution is -2.31. The maximum Gasteiger partial charge on any atom is 0.257 e. The molecule has 138 valence electrons. The maximum absolute atomic E-state index is 12.6. The number of hydrogen-bond acceptors (Lipinski definition) is 5.